The van der Waals surface area contributed by atoms with Crippen molar-refractivity contribution in [1.29, 1.82) is 0 Å². The molecule has 1 aromatic carbocycles. The van der Waals surface area contributed by atoms with Crippen LogP contribution in [0.25, 0.3) is 0 Å². The fourth-order valence-electron chi connectivity index (χ4n) is 1.69. The lowest BCUT2D eigenvalue weighted by Gasteiger charge is -2.29. The molecule has 0 aliphatic rings. The molecule has 1 aromatic rings. The van der Waals surface area contributed by atoms with Crippen molar-refractivity contribution in [2.24, 2.45) is 11.1 Å². The minimum atomic E-state index is -0.930. The van der Waals surface area contributed by atoms with Crippen molar-refractivity contribution in [1.82, 2.24) is 0 Å². The Morgan fingerprint density at radius 1 is 1.39 bits per heavy atom. The van der Waals surface area contributed by atoms with Gasteiger partial charge in [-0.1, -0.05) is 6.07 Å². The van der Waals surface area contributed by atoms with E-state index in [-0.39, 0.29) is 5.75 Å². The lowest BCUT2D eigenvalue weighted by Crippen LogP contribution is -2.37. The maximum absolute atomic E-state index is 11.7. The second-order valence-electron chi connectivity index (χ2n) is 4.62. The van der Waals surface area contributed by atoms with E-state index in [0.29, 0.717) is 11.3 Å². The van der Waals surface area contributed by atoms with Gasteiger partial charge >= 0.3 is 5.97 Å². The molecule has 0 saturated heterocycles. The maximum atomic E-state index is 11.7. The first-order valence-corrected chi connectivity index (χ1v) is 5.55. The molecule has 1 atom stereocenters. The highest BCUT2D eigenvalue weighted by atomic mass is 16.5. The van der Waals surface area contributed by atoms with Crippen LogP contribution in [0.3, 0.4) is 0 Å². The number of phenols is 1. The van der Waals surface area contributed by atoms with Gasteiger partial charge in [-0.2, -0.15) is 0 Å². The molecule has 1 rings (SSSR count). The molecular weight excluding hydrogens is 234 g/mol. The van der Waals surface area contributed by atoms with Crippen LogP contribution >= 0.6 is 0 Å². The first-order valence-electron chi connectivity index (χ1n) is 5.55. The van der Waals surface area contributed by atoms with Crippen LogP contribution in [0.15, 0.2) is 18.2 Å². The molecule has 0 aliphatic heterocycles. The first-order chi connectivity index (χ1) is 8.34. The van der Waals surface area contributed by atoms with Crippen LogP contribution in [0.5, 0.6) is 11.5 Å². The van der Waals surface area contributed by atoms with Gasteiger partial charge in [0.15, 0.2) is 0 Å². The van der Waals surface area contributed by atoms with Crippen molar-refractivity contribution in [3.05, 3.63) is 23.8 Å². The van der Waals surface area contributed by atoms with E-state index < -0.39 is 17.4 Å². The molecule has 5 heteroatoms. The molecule has 18 heavy (non-hydrogen) atoms. The average molecular weight is 253 g/mol. The van der Waals surface area contributed by atoms with Crippen molar-refractivity contribution in [3.8, 4) is 11.5 Å². The summed E-state index contributed by atoms with van der Waals surface area (Å²) in [5.74, 6) is 0.100. The molecule has 0 heterocycles. The number of benzene rings is 1. The normalized spacial score (nSPS) is 12.9. The Balaban J connectivity index is 3.11. The molecule has 0 bridgehead atoms. The minimum Gasteiger partial charge on any atom is -0.507 e. The van der Waals surface area contributed by atoms with Crippen LogP contribution in [0.1, 0.15) is 25.5 Å². The highest BCUT2D eigenvalue weighted by molar-refractivity contribution is 5.77. The van der Waals surface area contributed by atoms with Crippen LogP contribution in [-0.4, -0.2) is 25.3 Å². The van der Waals surface area contributed by atoms with Gasteiger partial charge < -0.3 is 20.3 Å². The summed E-state index contributed by atoms with van der Waals surface area (Å²) in [6, 6.07) is 4.12. The number of ether oxygens (including phenoxy) is 2. The van der Waals surface area contributed by atoms with Gasteiger partial charge in [-0.05, 0) is 19.9 Å². The predicted molar refractivity (Wildman–Crippen MR) is 67.4 cm³/mol. The fourth-order valence-corrected chi connectivity index (χ4v) is 1.69. The molecule has 0 spiro atoms. The van der Waals surface area contributed by atoms with Gasteiger partial charge in [0.25, 0.3) is 0 Å². The summed E-state index contributed by atoms with van der Waals surface area (Å²) in [5, 5.41) is 9.90. The third kappa shape index (κ3) is 2.56. The second kappa shape index (κ2) is 5.27. The summed E-state index contributed by atoms with van der Waals surface area (Å²) >= 11 is 0. The fraction of sp³-hybridized carbons (Fsp3) is 0.462. The molecule has 0 saturated carbocycles. The summed E-state index contributed by atoms with van der Waals surface area (Å²) in [7, 11) is 2.82. The molecule has 0 unspecified atom stereocenters. The summed E-state index contributed by atoms with van der Waals surface area (Å²) in [4.78, 5) is 11.7. The lowest BCUT2D eigenvalue weighted by molar-refractivity contribution is -0.152. The standard InChI is InChI=1S/C13H19NO4/c1-13(2,12(16)18-4)11(14)9-6-5-8(17-3)7-10(9)15/h5-7,11,15H,14H2,1-4H3/t11-/m0/s1. The van der Waals surface area contributed by atoms with E-state index in [1.807, 2.05) is 0 Å². The number of carbonyl (C=O) groups excluding carboxylic acids is 1. The number of carbonyl (C=O) groups is 1. The number of rotatable bonds is 4. The molecule has 100 valence electrons. The number of esters is 1. The molecule has 0 amide bonds. The van der Waals surface area contributed by atoms with E-state index in [0.717, 1.165) is 0 Å². The lowest BCUT2D eigenvalue weighted by atomic mass is 9.80. The topological polar surface area (TPSA) is 81.8 Å². The van der Waals surface area contributed by atoms with Gasteiger partial charge in [0, 0.05) is 17.7 Å². The number of phenolic OH excluding ortho intramolecular Hbond substituents is 1. The van der Waals surface area contributed by atoms with Crippen LogP contribution in [0.2, 0.25) is 0 Å². The van der Waals surface area contributed by atoms with Gasteiger partial charge in [-0.3, -0.25) is 4.79 Å². The smallest absolute Gasteiger partial charge is 0.313 e. The van der Waals surface area contributed by atoms with E-state index in [1.165, 1.54) is 20.3 Å². The van der Waals surface area contributed by atoms with E-state index in [2.05, 4.69) is 0 Å². The Kier molecular flexibility index (Phi) is 4.19. The van der Waals surface area contributed by atoms with Gasteiger partial charge in [-0.25, -0.2) is 0 Å². The minimum absolute atomic E-state index is 0.00109. The highest BCUT2D eigenvalue weighted by Crippen LogP contribution is 2.37. The van der Waals surface area contributed by atoms with Crippen LogP contribution in [-0.2, 0) is 9.53 Å². The Morgan fingerprint density at radius 2 is 2.00 bits per heavy atom. The summed E-state index contributed by atoms with van der Waals surface area (Å²) in [6.45, 7) is 3.35. The third-order valence-electron chi connectivity index (χ3n) is 3.06. The largest absolute Gasteiger partial charge is 0.507 e. The summed E-state index contributed by atoms with van der Waals surface area (Å²) < 4.78 is 9.71. The zero-order valence-electron chi connectivity index (χ0n) is 11.1. The first kappa shape index (κ1) is 14.3. The van der Waals surface area contributed by atoms with Gasteiger partial charge in [0.05, 0.1) is 19.6 Å². The summed E-state index contributed by atoms with van der Waals surface area (Å²) in [6.07, 6.45) is 0. The maximum Gasteiger partial charge on any atom is 0.313 e. The molecule has 5 nitrogen and oxygen atoms in total. The van der Waals surface area contributed by atoms with Gasteiger partial charge in [0.2, 0.25) is 0 Å². The zero-order valence-corrected chi connectivity index (χ0v) is 11.1. The van der Waals surface area contributed by atoms with Gasteiger partial charge in [-0.15, -0.1) is 0 Å². The zero-order chi connectivity index (χ0) is 13.9. The molecule has 0 aliphatic carbocycles. The quantitative estimate of drug-likeness (QED) is 0.796. The van der Waals surface area contributed by atoms with Crippen molar-refractivity contribution in [2.45, 2.75) is 19.9 Å². The third-order valence-corrected chi connectivity index (χ3v) is 3.06. The second-order valence-corrected chi connectivity index (χ2v) is 4.62. The van der Waals surface area contributed by atoms with Crippen molar-refractivity contribution < 1.29 is 19.4 Å². The Bertz CT molecular complexity index is 443. The molecule has 0 aromatic heterocycles. The van der Waals surface area contributed by atoms with E-state index in [4.69, 9.17) is 15.2 Å². The Hall–Kier alpha value is -1.75. The average Bonchev–Trinajstić information content (AvgIpc) is 2.36. The molecule has 3 N–H and O–H groups in total. The van der Waals surface area contributed by atoms with Gasteiger partial charge in [0.1, 0.15) is 11.5 Å². The number of methoxy groups -OCH3 is 2. The molecule has 0 radical (unpaired) electrons. The predicted octanol–water partition coefficient (Wildman–Crippen LogP) is 1.60. The summed E-state index contributed by atoms with van der Waals surface area (Å²) in [5.41, 5.74) is 5.59. The highest BCUT2D eigenvalue weighted by Gasteiger charge is 2.37. The van der Waals surface area contributed by atoms with Crippen LogP contribution in [0, 0.1) is 5.41 Å². The Morgan fingerprint density at radius 3 is 2.44 bits per heavy atom. The number of aromatic hydroxyl groups is 1. The van der Waals surface area contributed by atoms with Crippen LogP contribution < -0.4 is 10.5 Å². The van der Waals surface area contributed by atoms with Crippen molar-refractivity contribution >= 4 is 5.97 Å². The molecular formula is C13H19NO4. The van der Waals surface area contributed by atoms with E-state index >= 15 is 0 Å². The van der Waals surface area contributed by atoms with Crippen molar-refractivity contribution in [2.75, 3.05) is 14.2 Å². The van der Waals surface area contributed by atoms with Crippen molar-refractivity contribution in [3.63, 3.8) is 0 Å². The number of hydrogen-bond donors (Lipinski definition) is 2. The van der Waals surface area contributed by atoms with Crippen LogP contribution in [0.4, 0.5) is 0 Å². The molecule has 0 fully saturated rings. The Labute approximate surface area is 107 Å². The SMILES string of the molecule is COC(=O)C(C)(C)[C@@H](N)c1ccc(OC)cc1O. The number of nitrogens with two attached hydrogens (primary N) is 1. The monoisotopic (exact) mass is 253 g/mol. The number of hydrogen-bond acceptors (Lipinski definition) is 5. The van der Waals surface area contributed by atoms with E-state index in [1.54, 1.807) is 26.0 Å². The van der Waals surface area contributed by atoms with E-state index in [9.17, 15) is 9.90 Å².